The fraction of sp³-hybridized carbons (Fsp3) is 0.316. The zero-order chi connectivity index (χ0) is 20.1. The third-order valence-electron chi connectivity index (χ3n) is 4.54. The van der Waals surface area contributed by atoms with Crippen molar-refractivity contribution in [2.24, 2.45) is 0 Å². The summed E-state index contributed by atoms with van der Waals surface area (Å²) in [6, 6.07) is 11.9. The molecule has 1 amide bonds. The first-order valence-corrected chi connectivity index (χ1v) is 10.3. The van der Waals surface area contributed by atoms with Crippen LogP contribution < -0.4 is 5.32 Å². The van der Waals surface area contributed by atoms with Crippen LogP contribution in [-0.4, -0.2) is 56.3 Å². The van der Waals surface area contributed by atoms with Gasteiger partial charge in [-0.25, -0.2) is 17.2 Å². The van der Waals surface area contributed by atoms with E-state index in [0.29, 0.717) is 25.7 Å². The van der Waals surface area contributed by atoms with Gasteiger partial charge in [-0.05, 0) is 23.8 Å². The minimum absolute atomic E-state index is 0.101. The highest BCUT2D eigenvalue weighted by Gasteiger charge is 2.31. The smallest absolute Gasteiger partial charge is 0.246 e. The van der Waals surface area contributed by atoms with Gasteiger partial charge in [-0.2, -0.15) is 4.31 Å². The van der Waals surface area contributed by atoms with Crippen LogP contribution in [0.3, 0.4) is 0 Å². The molecule has 9 heteroatoms. The van der Waals surface area contributed by atoms with E-state index >= 15 is 0 Å². The van der Waals surface area contributed by atoms with E-state index in [4.69, 9.17) is 0 Å². The van der Waals surface area contributed by atoms with Gasteiger partial charge in [0.05, 0.1) is 6.54 Å². The minimum Gasteiger partial charge on any atom is -0.351 e. The number of nitrogens with one attached hydrogen (secondary N) is 1. The van der Waals surface area contributed by atoms with Gasteiger partial charge >= 0.3 is 0 Å². The monoisotopic (exact) mass is 409 g/mol. The molecule has 6 nitrogen and oxygen atoms in total. The molecule has 0 bridgehead atoms. The first kappa shape index (κ1) is 20.4. The number of halogens is 2. The molecule has 2 aromatic rings. The van der Waals surface area contributed by atoms with Crippen molar-refractivity contribution >= 4 is 15.9 Å². The van der Waals surface area contributed by atoms with Gasteiger partial charge in [0.1, 0.15) is 16.5 Å². The highest BCUT2D eigenvalue weighted by atomic mass is 32.2. The second-order valence-corrected chi connectivity index (χ2v) is 8.42. The van der Waals surface area contributed by atoms with Gasteiger partial charge in [-0.3, -0.25) is 9.69 Å². The van der Waals surface area contributed by atoms with Crippen molar-refractivity contribution in [3.05, 3.63) is 65.7 Å². The van der Waals surface area contributed by atoms with Crippen molar-refractivity contribution in [1.82, 2.24) is 14.5 Å². The van der Waals surface area contributed by atoms with E-state index in [1.165, 1.54) is 0 Å². The summed E-state index contributed by atoms with van der Waals surface area (Å²) >= 11 is 0. The number of hydrogen-bond donors (Lipinski definition) is 1. The Morgan fingerprint density at radius 3 is 2.36 bits per heavy atom. The summed E-state index contributed by atoms with van der Waals surface area (Å²) in [5, 5.41) is 2.82. The first-order valence-electron chi connectivity index (χ1n) is 8.84. The van der Waals surface area contributed by atoms with Crippen LogP contribution in [0.25, 0.3) is 0 Å². The quantitative estimate of drug-likeness (QED) is 0.787. The van der Waals surface area contributed by atoms with Crippen LogP contribution in [0.15, 0.2) is 53.4 Å². The van der Waals surface area contributed by atoms with Crippen LogP contribution >= 0.6 is 0 Å². The molecule has 0 saturated carbocycles. The lowest BCUT2D eigenvalue weighted by Crippen LogP contribution is -2.51. The molecule has 1 N–H and O–H groups in total. The van der Waals surface area contributed by atoms with Crippen LogP contribution in [0.5, 0.6) is 0 Å². The molecule has 3 rings (SSSR count). The topological polar surface area (TPSA) is 69.7 Å². The highest BCUT2D eigenvalue weighted by Crippen LogP contribution is 2.21. The van der Waals surface area contributed by atoms with Gasteiger partial charge in [-0.15, -0.1) is 0 Å². The van der Waals surface area contributed by atoms with E-state index in [-0.39, 0.29) is 25.5 Å². The normalized spacial score (nSPS) is 16.1. The number of carbonyl (C=O) groups is 1. The fourth-order valence-electron chi connectivity index (χ4n) is 3.00. The Balaban J connectivity index is 1.52. The van der Waals surface area contributed by atoms with Crippen molar-refractivity contribution in [3.8, 4) is 0 Å². The van der Waals surface area contributed by atoms with Crippen molar-refractivity contribution < 1.29 is 22.0 Å². The van der Waals surface area contributed by atoms with Crippen LogP contribution in [0.1, 0.15) is 5.56 Å². The van der Waals surface area contributed by atoms with Gasteiger partial charge in [0.25, 0.3) is 0 Å². The molecule has 0 radical (unpaired) electrons. The maximum Gasteiger partial charge on any atom is 0.246 e. The lowest BCUT2D eigenvalue weighted by atomic mass is 10.2. The standard InChI is InChI=1S/C19H21F2N3O3S/c20-16-6-7-17(21)18(12-16)28(26,27)24-10-8-23(9-11-24)14-19(25)22-13-15-4-2-1-3-5-15/h1-7,12H,8-11,13-14H2,(H,22,25). The summed E-state index contributed by atoms with van der Waals surface area (Å²) in [6.45, 7) is 1.43. The molecule has 2 aromatic carbocycles. The summed E-state index contributed by atoms with van der Waals surface area (Å²) in [5.41, 5.74) is 0.990. The summed E-state index contributed by atoms with van der Waals surface area (Å²) in [6.07, 6.45) is 0. The number of amides is 1. The zero-order valence-corrected chi connectivity index (χ0v) is 16.0. The highest BCUT2D eigenvalue weighted by molar-refractivity contribution is 7.89. The average Bonchev–Trinajstić information content (AvgIpc) is 2.69. The van der Waals surface area contributed by atoms with Crippen LogP contribution in [0, 0.1) is 11.6 Å². The summed E-state index contributed by atoms with van der Waals surface area (Å²) in [4.78, 5) is 13.3. The van der Waals surface area contributed by atoms with Crippen molar-refractivity contribution in [2.45, 2.75) is 11.4 Å². The number of rotatable bonds is 6. The van der Waals surface area contributed by atoms with Gasteiger partial charge in [0, 0.05) is 32.7 Å². The Morgan fingerprint density at radius 1 is 1.00 bits per heavy atom. The number of piperazine rings is 1. The van der Waals surface area contributed by atoms with E-state index in [1.807, 2.05) is 35.2 Å². The molecule has 1 saturated heterocycles. The zero-order valence-electron chi connectivity index (χ0n) is 15.1. The van der Waals surface area contributed by atoms with Crippen molar-refractivity contribution in [3.63, 3.8) is 0 Å². The number of carbonyl (C=O) groups excluding carboxylic acids is 1. The van der Waals surface area contributed by atoms with Gasteiger partial charge in [-0.1, -0.05) is 30.3 Å². The van der Waals surface area contributed by atoms with Gasteiger partial charge in [0.15, 0.2) is 0 Å². The number of hydrogen-bond acceptors (Lipinski definition) is 4. The van der Waals surface area contributed by atoms with Crippen LogP contribution in [-0.2, 0) is 21.4 Å². The molecule has 0 atom stereocenters. The van der Waals surface area contributed by atoms with E-state index in [1.54, 1.807) is 0 Å². The van der Waals surface area contributed by atoms with E-state index in [2.05, 4.69) is 5.32 Å². The molecular weight excluding hydrogens is 388 g/mol. The van der Waals surface area contributed by atoms with E-state index < -0.39 is 26.6 Å². The Kier molecular flexibility index (Phi) is 6.38. The molecule has 1 heterocycles. The molecule has 0 unspecified atom stereocenters. The van der Waals surface area contributed by atoms with E-state index in [0.717, 1.165) is 22.0 Å². The molecule has 0 spiro atoms. The summed E-state index contributed by atoms with van der Waals surface area (Å²) in [5.74, 6) is -1.95. The lowest BCUT2D eigenvalue weighted by Gasteiger charge is -2.33. The van der Waals surface area contributed by atoms with E-state index in [9.17, 15) is 22.0 Å². The molecule has 1 aliphatic rings. The first-order chi connectivity index (χ1) is 13.4. The summed E-state index contributed by atoms with van der Waals surface area (Å²) < 4.78 is 53.5. The predicted octanol–water partition coefficient (Wildman–Crippen LogP) is 1.59. The summed E-state index contributed by atoms with van der Waals surface area (Å²) in [7, 11) is -4.12. The Morgan fingerprint density at radius 2 is 1.68 bits per heavy atom. The second kappa shape index (κ2) is 8.76. The third kappa shape index (κ3) is 4.92. The number of benzene rings is 2. The average molecular weight is 409 g/mol. The second-order valence-electron chi connectivity index (χ2n) is 6.52. The van der Waals surface area contributed by atoms with Crippen molar-refractivity contribution in [2.75, 3.05) is 32.7 Å². The molecule has 28 heavy (non-hydrogen) atoms. The molecular formula is C19H21F2N3O3S. The Bertz CT molecular complexity index is 931. The molecule has 0 aromatic heterocycles. The molecule has 150 valence electrons. The van der Waals surface area contributed by atoms with Crippen molar-refractivity contribution in [1.29, 1.82) is 0 Å². The van der Waals surface area contributed by atoms with Gasteiger partial charge in [0.2, 0.25) is 15.9 Å². The number of nitrogens with zero attached hydrogens (tertiary/aromatic N) is 2. The Hall–Kier alpha value is -2.36. The van der Waals surface area contributed by atoms with Gasteiger partial charge < -0.3 is 5.32 Å². The SMILES string of the molecule is O=C(CN1CCN(S(=O)(=O)c2cc(F)ccc2F)CC1)NCc1ccccc1. The number of sulfonamides is 1. The molecule has 1 aliphatic heterocycles. The largest absolute Gasteiger partial charge is 0.351 e. The molecule has 1 fully saturated rings. The maximum absolute atomic E-state index is 13.9. The molecule has 0 aliphatic carbocycles. The maximum atomic E-state index is 13.9. The van der Waals surface area contributed by atoms with Crippen LogP contribution in [0.2, 0.25) is 0 Å². The van der Waals surface area contributed by atoms with Crippen LogP contribution in [0.4, 0.5) is 8.78 Å². The predicted molar refractivity (Wildman–Crippen MR) is 99.8 cm³/mol. The third-order valence-corrected chi connectivity index (χ3v) is 6.46. The Labute approximate surface area is 162 Å². The lowest BCUT2D eigenvalue weighted by molar-refractivity contribution is -0.122. The fourth-order valence-corrected chi connectivity index (χ4v) is 4.50. The minimum atomic E-state index is -4.12.